The van der Waals surface area contributed by atoms with Gasteiger partial charge in [-0.25, -0.2) is 19.3 Å². The molecule has 4 heterocycles. The van der Waals surface area contributed by atoms with Gasteiger partial charge in [0.25, 0.3) is 0 Å². The van der Waals surface area contributed by atoms with Crippen LogP contribution >= 0.6 is 11.6 Å². The molecular weight excluding hydrogens is 496 g/mol. The Labute approximate surface area is 210 Å². The van der Waals surface area contributed by atoms with E-state index in [0.29, 0.717) is 55.6 Å². The molecule has 1 aromatic carbocycles. The van der Waals surface area contributed by atoms with Crippen LogP contribution in [0.25, 0.3) is 16.8 Å². The molecule has 3 aromatic rings. The van der Waals surface area contributed by atoms with Gasteiger partial charge in [0.1, 0.15) is 17.5 Å². The molecule has 1 saturated heterocycles. The number of nitrogens with one attached hydrogen (secondary N) is 1. The van der Waals surface area contributed by atoms with E-state index in [9.17, 15) is 17.6 Å². The third-order valence-electron chi connectivity index (χ3n) is 6.27. The van der Waals surface area contributed by atoms with Crippen molar-refractivity contribution >= 4 is 28.8 Å². The standard InChI is InChI=1S/C25H23ClF4N6/c26-19-14-17(3-4-20(19)27)21-15-22(34-23(33-21)16-5-8-31-9-6-16)35-10-12-36(13-11-35)24-18(25(28,29)30)2-1-7-32-24/h1-5,7,14-15,31H,6,8-13H2. The quantitative estimate of drug-likeness (QED) is 0.488. The Morgan fingerprint density at radius 1 is 0.972 bits per heavy atom. The highest BCUT2D eigenvalue weighted by Gasteiger charge is 2.36. The summed E-state index contributed by atoms with van der Waals surface area (Å²) in [5.74, 6) is 0.664. The summed E-state index contributed by atoms with van der Waals surface area (Å²) < 4.78 is 54.2. The molecule has 0 unspecified atom stereocenters. The van der Waals surface area contributed by atoms with E-state index in [1.807, 2.05) is 17.0 Å². The normalized spacial score (nSPS) is 16.8. The van der Waals surface area contributed by atoms with E-state index in [-0.39, 0.29) is 10.8 Å². The number of benzene rings is 1. The van der Waals surface area contributed by atoms with Gasteiger partial charge in [-0.3, -0.25) is 0 Å². The lowest BCUT2D eigenvalue weighted by Gasteiger charge is -2.37. The van der Waals surface area contributed by atoms with Crippen LogP contribution in [-0.4, -0.2) is 54.2 Å². The Balaban J connectivity index is 1.44. The summed E-state index contributed by atoms with van der Waals surface area (Å²) in [5.41, 5.74) is 1.52. The van der Waals surface area contributed by atoms with E-state index in [1.165, 1.54) is 24.4 Å². The van der Waals surface area contributed by atoms with E-state index in [1.54, 1.807) is 11.0 Å². The van der Waals surface area contributed by atoms with E-state index in [0.717, 1.165) is 24.6 Å². The fourth-order valence-corrected chi connectivity index (χ4v) is 4.57. The molecule has 0 atom stereocenters. The molecule has 36 heavy (non-hydrogen) atoms. The van der Waals surface area contributed by atoms with Crippen molar-refractivity contribution in [2.45, 2.75) is 12.6 Å². The number of anilines is 2. The highest BCUT2D eigenvalue weighted by Crippen LogP contribution is 2.36. The number of pyridine rings is 1. The first-order valence-corrected chi connectivity index (χ1v) is 11.9. The Kier molecular flexibility index (Phi) is 6.81. The molecule has 188 valence electrons. The van der Waals surface area contributed by atoms with Crippen molar-refractivity contribution in [2.24, 2.45) is 0 Å². The van der Waals surface area contributed by atoms with Crippen molar-refractivity contribution in [3.05, 3.63) is 70.9 Å². The Hall–Kier alpha value is -3.24. The Morgan fingerprint density at radius 3 is 2.44 bits per heavy atom. The average molecular weight is 519 g/mol. The molecular formula is C25H23ClF4N6. The van der Waals surface area contributed by atoms with E-state index >= 15 is 0 Å². The van der Waals surface area contributed by atoms with Crippen molar-refractivity contribution in [1.82, 2.24) is 20.3 Å². The molecule has 5 rings (SSSR count). The van der Waals surface area contributed by atoms with Gasteiger partial charge in [0.2, 0.25) is 0 Å². The van der Waals surface area contributed by atoms with Crippen molar-refractivity contribution in [3.63, 3.8) is 0 Å². The van der Waals surface area contributed by atoms with Gasteiger partial charge in [-0.05, 0) is 48.9 Å². The topological polar surface area (TPSA) is 57.2 Å². The van der Waals surface area contributed by atoms with Gasteiger partial charge in [-0.2, -0.15) is 13.2 Å². The van der Waals surface area contributed by atoms with Crippen LogP contribution in [0.2, 0.25) is 5.02 Å². The maximum Gasteiger partial charge on any atom is 0.419 e. The maximum absolute atomic E-state index is 13.8. The minimum Gasteiger partial charge on any atom is -0.353 e. The minimum atomic E-state index is -4.48. The van der Waals surface area contributed by atoms with Crippen LogP contribution in [0.5, 0.6) is 0 Å². The second-order valence-electron chi connectivity index (χ2n) is 8.59. The summed E-state index contributed by atoms with van der Waals surface area (Å²) in [5, 5.41) is 3.26. The monoisotopic (exact) mass is 518 g/mol. The summed E-state index contributed by atoms with van der Waals surface area (Å²) in [6.45, 7) is 3.13. The number of rotatable bonds is 4. The maximum atomic E-state index is 13.8. The van der Waals surface area contributed by atoms with Gasteiger partial charge in [0.05, 0.1) is 16.3 Å². The summed E-state index contributed by atoms with van der Waals surface area (Å²) in [6, 6.07) is 8.61. The van der Waals surface area contributed by atoms with Crippen LogP contribution in [0, 0.1) is 5.82 Å². The molecule has 1 N–H and O–H groups in total. The molecule has 2 aromatic heterocycles. The molecule has 6 nitrogen and oxygen atoms in total. The highest BCUT2D eigenvalue weighted by molar-refractivity contribution is 6.31. The minimum absolute atomic E-state index is 0.000242. The molecule has 0 radical (unpaired) electrons. The lowest BCUT2D eigenvalue weighted by Crippen LogP contribution is -2.47. The summed E-state index contributed by atoms with van der Waals surface area (Å²) in [4.78, 5) is 17.2. The Morgan fingerprint density at radius 2 is 1.75 bits per heavy atom. The number of halogens is 5. The number of hydrogen-bond acceptors (Lipinski definition) is 6. The third-order valence-corrected chi connectivity index (χ3v) is 6.56. The number of aromatic nitrogens is 3. The Bertz CT molecular complexity index is 1290. The zero-order chi connectivity index (χ0) is 25.3. The molecule has 0 bridgehead atoms. The highest BCUT2D eigenvalue weighted by atomic mass is 35.5. The smallest absolute Gasteiger partial charge is 0.353 e. The second kappa shape index (κ2) is 10.0. The molecule has 0 spiro atoms. The van der Waals surface area contributed by atoms with Gasteiger partial charge < -0.3 is 15.1 Å². The molecule has 2 aliphatic heterocycles. The van der Waals surface area contributed by atoms with Crippen molar-refractivity contribution in [2.75, 3.05) is 49.1 Å². The summed E-state index contributed by atoms with van der Waals surface area (Å²) in [7, 11) is 0. The molecule has 1 fully saturated rings. The number of piperazine rings is 1. The van der Waals surface area contributed by atoms with Crippen LogP contribution in [0.15, 0.2) is 48.7 Å². The molecule has 11 heteroatoms. The number of alkyl halides is 3. The van der Waals surface area contributed by atoms with Crippen molar-refractivity contribution < 1.29 is 17.6 Å². The zero-order valence-corrected chi connectivity index (χ0v) is 20.0. The fraction of sp³-hybridized carbons (Fsp3) is 0.320. The van der Waals surface area contributed by atoms with Crippen molar-refractivity contribution in [3.8, 4) is 11.3 Å². The van der Waals surface area contributed by atoms with E-state index < -0.39 is 17.6 Å². The summed E-state index contributed by atoms with van der Waals surface area (Å²) >= 11 is 6.02. The lowest BCUT2D eigenvalue weighted by molar-refractivity contribution is -0.137. The lowest BCUT2D eigenvalue weighted by atomic mass is 10.1. The number of hydrogen-bond donors (Lipinski definition) is 1. The van der Waals surface area contributed by atoms with Crippen LogP contribution < -0.4 is 15.1 Å². The number of nitrogens with zero attached hydrogens (tertiary/aromatic N) is 5. The molecule has 2 aliphatic rings. The van der Waals surface area contributed by atoms with Gasteiger partial charge in [0.15, 0.2) is 5.82 Å². The fourth-order valence-electron chi connectivity index (χ4n) is 4.39. The predicted octanol–water partition coefficient (Wildman–Crippen LogP) is 5.05. The SMILES string of the molecule is Fc1ccc(-c2cc(N3CCN(c4ncccc4C(F)(F)F)CC3)nc(C3=CCNCC3)n2)cc1Cl. The van der Waals surface area contributed by atoms with E-state index in [4.69, 9.17) is 21.6 Å². The average Bonchev–Trinajstić information content (AvgIpc) is 2.90. The van der Waals surface area contributed by atoms with Gasteiger partial charge in [-0.15, -0.1) is 0 Å². The van der Waals surface area contributed by atoms with Gasteiger partial charge in [0, 0.05) is 50.6 Å². The van der Waals surface area contributed by atoms with Crippen molar-refractivity contribution in [1.29, 1.82) is 0 Å². The third kappa shape index (κ3) is 5.15. The summed E-state index contributed by atoms with van der Waals surface area (Å²) in [6.07, 6.45) is -0.293. The molecule has 0 amide bonds. The first-order chi connectivity index (χ1) is 17.3. The van der Waals surface area contributed by atoms with Crippen LogP contribution in [-0.2, 0) is 6.18 Å². The van der Waals surface area contributed by atoms with Crippen LogP contribution in [0.4, 0.5) is 29.2 Å². The second-order valence-corrected chi connectivity index (χ2v) is 9.00. The first kappa shape index (κ1) is 24.5. The molecule has 0 saturated carbocycles. The van der Waals surface area contributed by atoms with Gasteiger partial charge >= 0.3 is 6.18 Å². The molecule has 0 aliphatic carbocycles. The van der Waals surface area contributed by atoms with Crippen LogP contribution in [0.3, 0.4) is 0 Å². The van der Waals surface area contributed by atoms with Gasteiger partial charge in [-0.1, -0.05) is 17.7 Å². The first-order valence-electron chi connectivity index (χ1n) is 11.6. The predicted molar refractivity (Wildman–Crippen MR) is 132 cm³/mol. The van der Waals surface area contributed by atoms with Crippen LogP contribution in [0.1, 0.15) is 17.8 Å². The van der Waals surface area contributed by atoms with E-state index in [2.05, 4.69) is 10.3 Å². The zero-order valence-electron chi connectivity index (χ0n) is 19.2. The largest absolute Gasteiger partial charge is 0.419 e.